The molecule has 0 amide bonds. The van der Waals surface area contributed by atoms with Gasteiger partial charge >= 0.3 is 0 Å². The average molecular weight is 231 g/mol. The first kappa shape index (κ1) is 10.5. The number of aromatic nitrogens is 4. The molecule has 1 aliphatic heterocycles. The molecule has 0 spiro atoms. The minimum absolute atomic E-state index is 0.983. The van der Waals surface area contributed by atoms with Crippen molar-refractivity contribution in [1.29, 1.82) is 0 Å². The van der Waals surface area contributed by atoms with E-state index in [1.807, 2.05) is 30.2 Å². The Balaban J connectivity index is 1.86. The van der Waals surface area contributed by atoms with Crippen LogP contribution in [0.4, 0.5) is 0 Å². The summed E-state index contributed by atoms with van der Waals surface area (Å²) in [5.74, 6) is 0. The number of hydrogen-bond acceptors (Lipinski definition) is 3. The van der Waals surface area contributed by atoms with Gasteiger partial charge in [-0.15, -0.1) is 0 Å². The van der Waals surface area contributed by atoms with Gasteiger partial charge in [-0.3, -0.25) is 14.7 Å². The molecule has 0 aliphatic carbocycles. The van der Waals surface area contributed by atoms with Gasteiger partial charge in [-0.25, -0.2) is 0 Å². The van der Waals surface area contributed by atoms with E-state index in [0.717, 1.165) is 17.9 Å². The lowest BCUT2D eigenvalue weighted by molar-refractivity contribution is 0.332. The Bertz CT molecular complexity index is 492. The topological polar surface area (TPSA) is 49.7 Å². The highest BCUT2D eigenvalue weighted by molar-refractivity contribution is 5.58. The molecule has 90 valence electrons. The van der Waals surface area contributed by atoms with Crippen LogP contribution in [-0.4, -0.2) is 38.0 Å². The summed E-state index contributed by atoms with van der Waals surface area (Å²) in [7, 11) is 1.95. The molecular weight excluding hydrogens is 214 g/mol. The summed E-state index contributed by atoms with van der Waals surface area (Å²) in [6.45, 7) is 3.39. The fourth-order valence-corrected chi connectivity index (χ4v) is 2.45. The summed E-state index contributed by atoms with van der Waals surface area (Å²) in [5, 5.41) is 11.5. The molecule has 0 unspecified atom stereocenters. The van der Waals surface area contributed by atoms with Crippen LogP contribution >= 0.6 is 0 Å². The van der Waals surface area contributed by atoms with Gasteiger partial charge in [0, 0.05) is 25.4 Å². The zero-order valence-electron chi connectivity index (χ0n) is 10.1. The molecule has 1 aliphatic rings. The molecule has 0 aromatic carbocycles. The molecule has 5 nitrogen and oxygen atoms in total. The predicted octanol–water partition coefficient (Wildman–Crippen LogP) is 1.41. The van der Waals surface area contributed by atoms with Gasteiger partial charge in [0.1, 0.15) is 0 Å². The Morgan fingerprint density at radius 2 is 2.18 bits per heavy atom. The Morgan fingerprint density at radius 1 is 1.35 bits per heavy atom. The molecule has 2 aromatic rings. The molecular formula is C12H17N5. The number of nitrogens with one attached hydrogen (secondary N) is 1. The highest BCUT2D eigenvalue weighted by Gasteiger charge is 2.16. The van der Waals surface area contributed by atoms with Crippen molar-refractivity contribution in [2.45, 2.75) is 19.4 Å². The van der Waals surface area contributed by atoms with Crippen molar-refractivity contribution in [3.8, 4) is 11.4 Å². The van der Waals surface area contributed by atoms with Crippen molar-refractivity contribution in [2.24, 2.45) is 7.05 Å². The smallest absolute Gasteiger partial charge is 0.0876 e. The average Bonchev–Trinajstić information content (AvgIpc) is 3.00. The summed E-state index contributed by atoms with van der Waals surface area (Å²) in [5.41, 5.74) is 3.45. The van der Waals surface area contributed by atoms with Gasteiger partial charge in [-0.2, -0.15) is 10.2 Å². The highest BCUT2D eigenvalue weighted by Crippen LogP contribution is 2.22. The minimum atomic E-state index is 0.983. The molecule has 17 heavy (non-hydrogen) atoms. The van der Waals surface area contributed by atoms with Crippen LogP contribution < -0.4 is 0 Å². The fourth-order valence-electron chi connectivity index (χ4n) is 2.45. The summed E-state index contributed by atoms with van der Waals surface area (Å²) in [4.78, 5) is 2.48. The van der Waals surface area contributed by atoms with E-state index in [1.165, 1.54) is 31.5 Å². The van der Waals surface area contributed by atoms with E-state index < -0.39 is 0 Å². The minimum Gasteiger partial charge on any atom is -0.299 e. The normalized spacial score (nSPS) is 16.8. The molecule has 0 radical (unpaired) electrons. The van der Waals surface area contributed by atoms with Crippen molar-refractivity contribution in [2.75, 3.05) is 13.1 Å². The number of rotatable bonds is 3. The van der Waals surface area contributed by atoms with Crippen LogP contribution in [0.15, 0.2) is 18.5 Å². The van der Waals surface area contributed by atoms with E-state index in [-0.39, 0.29) is 0 Å². The summed E-state index contributed by atoms with van der Waals surface area (Å²) >= 11 is 0. The summed E-state index contributed by atoms with van der Waals surface area (Å²) in [6, 6.07) is 2.01. The molecule has 0 saturated carbocycles. The molecule has 0 bridgehead atoms. The van der Waals surface area contributed by atoms with Crippen LogP contribution in [0.5, 0.6) is 0 Å². The lowest BCUT2D eigenvalue weighted by atomic mass is 10.2. The van der Waals surface area contributed by atoms with Crippen molar-refractivity contribution < 1.29 is 0 Å². The second-order valence-corrected chi connectivity index (χ2v) is 4.59. The van der Waals surface area contributed by atoms with Crippen molar-refractivity contribution in [1.82, 2.24) is 24.9 Å². The Hall–Kier alpha value is -1.62. The van der Waals surface area contributed by atoms with Gasteiger partial charge in [0.25, 0.3) is 0 Å². The van der Waals surface area contributed by atoms with E-state index in [2.05, 4.69) is 20.2 Å². The van der Waals surface area contributed by atoms with Crippen molar-refractivity contribution >= 4 is 0 Å². The predicted molar refractivity (Wildman–Crippen MR) is 65.3 cm³/mol. The Labute approximate surface area is 100 Å². The molecule has 1 saturated heterocycles. The lowest BCUT2D eigenvalue weighted by Gasteiger charge is -2.14. The molecule has 2 aromatic heterocycles. The van der Waals surface area contributed by atoms with Crippen molar-refractivity contribution in [3.05, 3.63) is 24.0 Å². The maximum absolute atomic E-state index is 4.20. The van der Waals surface area contributed by atoms with Gasteiger partial charge in [-0.1, -0.05) is 0 Å². The quantitative estimate of drug-likeness (QED) is 0.868. The third-order valence-electron chi connectivity index (χ3n) is 3.39. The molecule has 1 N–H and O–H groups in total. The van der Waals surface area contributed by atoms with Crippen LogP contribution in [0.3, 0.4) is 0 Å². The van der Waals surface area contributed by atoms with Crippen LogP contribution in [0.1, 0.15) is 18.4 Å². The van der Waals surface area contributed by atoms with E-state index in [0.29, 0.717) is 0 Å². The van der Waals surface area contributed by atoms with Crippen LogP contribution in [0.25, 0.3) is 11.4 Å². The number of nitrogens with zero attached hydrogens (tertiary/aromatic N) is 4. The van der Waals surface area contributed by atoms with Gasteiger partial charge < -0.3 is 0 Å². The van der Waals surface area contributed by atoms with Gasteiger partial charge in [0.2, 0.25) is 0 Å². The number of hydrogen-bond donors (Lipinski definition) is 1. The van der Waals surface area contributed by atoms with E-state index in [1.54, 1.807) is 0 Å². The standard InChI is InChI=1S/C12H17N5/c1-16-11(4-5-14-16)12-10(8-13-15-12)9-17-6-2-3-7-17/h4-5,8H,2-3,6-7,9H2,1H3,(H,13,15). The third-order valence-corrected chi connectivity index (χ3v) is 3.39. The Kier molecular flexibility index (Phi) is 2.68. The number of aryl methyl sites for hydroxylation is 1. The molecule has 5 heteroatoms. The number of likely N-dealkylation sites (tertiary alicyclic amines) is 1. The second-order valence-electron chi connectivity index (χ2n) is 4.59. The number of aromatic amines is 1. The van der Waals surface area contributed by atoms with Crippen molar-refractivity contribution in [3.63, 3.8) is 0 Å². The first-order valence-corrected chi connectivity index (χ1v) is 6.07. The maximum Gasteiger partial charge on any atom is 0.0876 e. The largest absolute Gasteiger partial charge is 0.299 e. The fraction of sp³-hybridized carbons (Fsp3) is 0.500. The Morgan fingerprint density at radius 3 is 2.88 bits per heavy atom. The molecule has 3 heterocycles. The maximum atomic E-state index is 4.20. The van der Waals surface area contributed by atoms with Gasteiger partial charge in [0.05, 0.1) is 17.6 Å². The zero-order chi connectivity index (χ0) is 11.7. The zero-order valence-corrected chi connectivity index (χ0v) is 10.1. The van der Waals surface area contributed by atoms with E-state index in [9.17, 15) is 0 Å². The summed E-state index contributed by atoms with van der Waals surface area (Å²) < 4.78 is 1.88. The molecule has 0 atom stereocenters. The van der Waals surface area contributed by atoms with E-state index in [4.69, 9.17) is 0 Å². The van der Waals surface area contributed by atoms with Crippen LogP contribution in [-0.2, 0) is 13.6 Å². The first-order chi connectivity index (χ1) is 8.34. The number of H-pyrrole nitrogens is 1. The van der Waals surface area contributed by atoms with Gasteiger partial charge in [-0.05, 0) is 32.0 Å². The SMILES string of the molecule is Cn1nccc1-c1[nH]ncc1CN1CCCC1. The van der Waals surface area contributed by atoms with Crippen LogP contribution in [0, 0.1) is 0 Å². The highest BCUT2D eigenvalue weighted by atomic mass is 15.3. The second kappa shape index (κ2) is 4.33. The molecule has 1 fully saturated rings. The lowest BCUT2D eigenvalue weighted by Crippen LogP contribution is -2.18. The van der Waals surface area contributed by atoms with Gasteiger partial charge in [0.15, 0.2) is 0 Å². The van der Waals surface area contributed by atoms with E-state index >= 15 is 0 Å². The third kappa shape index (κ3) is 1.98. The first-order valence-electron chi connectivity index (χ1n) is 6.07. The molecule has 3 rings (SSSR count). The monoisotopic (exact) mass is 231 g/mol. The van der Waals surface area contributed by atoms with Crippen LogP contribution in [0.2, 0.25) is 0 Å². The summed E-state index contributed by atoms with van der Waals surface area (Å²) in [6.07, 6.45) is 6.38.